The first kappa shape index (κ1) is 12.7. The van der Waals surface area contributed by atoms with Crippen LogP contribution in [-0.4, -0.2) is 26.1 Å². The Kier molecular flexibility index (Phi) is 2.96. The van der Waals surface area contributed by atoms with E-state index in [4.69, 9.17) is 5.11 Å². The molecular weight excluding hydrogens is 268 g/mol. The standard InChI is InChI=1S/C13H11F2N3O2/c14-9-3-4-10(15)8(5-9)6-18-12(7-1-2-7)11(13(19)20)16-17-18/h3-5,7H,1-2,6H2,(H,19,20). The lowest BCUT2D eigenvalue weighted by Gasteiger charge is -2.07. The highest BCUT2D eigenvalue weighted by Gasteiger charge is 2.33. The fourth-order valence-corrected chi connectivity index (χ4v) is 2.18. The van der Waals surface area contributed by atoms with E-state index >= 15 is 0 Å². The van der Waals surface area contributed by atoms with Crippen molar-refractivity contribution in [3.05, 3.63) is 46.8 Å². The second-order valence-corrected chi connectivity index (χ2v) is 4.80. The Balaban J connectivity index is 1.98. The Morgan fingerprint density at radius 2 is 2.15 bits per heavy atom. The van der Waals surface area contributed by atoms with Gasteiger partial charge < -0.3 is 5.11 Å². The summed E-state index contributed by atoms with van der Waals surface area (Å²) in [5, 5.41) is 16.5. The molecule has 0 aliphatic heterocycles. The molecule has 7 heteroatoms. The van der Waals surface area contributed by atoms with E-state index in [0.717, 1.165) is 31.0 Å². The minimum atomic E-state index is -1.15. The van der Waals surface area contributed by atoms with Gasteiger partial charge in [-0.3, -0.25) is 0 Å². The number of hydrogen-bond acceptors (Lipinski definition) is 3. The number of carbonyl (C=O) groups is 1. The fourth-order valence-electron chi connectivity index (χ4n) is 2.18. The summed E-state index contributed by atoms with van der Waals surface area (Å²) < 4.78 is 28.1. The van der Waals surface area contributed by atoms with Gasteiger partial charge in [0.1, 0.15) is 11.6 Å². The molecule has 1 aromatic heterocycles. The largest absolute Gasteiger partial charge is 0.476 e. The number of aromatic nitrogens is 3. The lowest BCUT2D eigenvalue weighted by molar-refractivity contribution is 0.0689. The van der Waals surface area contributed by atoms with Crippen LogP contribution in [0, 0.1) is 11.6 Å². The molecule has 0 radical (unpaired) electrons. The molecule has 0 spiro atoms. The highest BCUT2D eigenvalue weighted by molar-refractivity contribution is 5.86. The van der Waals surface area contributed by atoms with E-state index in [-0.39, 0.29) is 23.7 Å². The van der Waals surface area contributed by atoms with Gasteiger partial charge in [-0.05, 0) is 31.0 Å². The average molecular weight is 279 g/mol. The zero-order valence-electron chi connectivity index (χ0n) is 10.4. The molecule has 104 valence electrons. The van der Waals surface area contributed by atoms with Crippen LogP contribution in [0.1, 0.15) is 40.5 Å². The molecule has 1 aliphatic rings. The van der Waals surface area contributed by atoms with E-state index in [1.54, 1.807) is 0 Å². The van der Waals surface area contributed by atoms with E-state index in [0.29, 0.717) is 5.69 Å². The van der Waals surface area contributed by atoms with Crippen molar-refractivity contribution in [2.75, 3.05) is 0 Å². The maximum atomic E-state index is 13.6. The Morgan fingerprint density at radius 1 is 1.40 bits per heavy atom. The summed E-state index contributed by atoms with van der Waals surface area (Å²) >= 11 is 0. The van der Waals surface area contributed by atoms with Crippen molar-refractivity contribution in [1.82, 2.24) is 15.0 Å². The molecule has 1 aliphatic carbocycles. The van der Waals surface area contributed by atoms with Gasteiger partial charge in [0.25, 0.3) is 0 Å². The molecule has 0 saturated heterocycles. The van der Waals surface area contributed by atoms with Crippen molar-refractivity contribution in [2.45, 2.75) is 25.3 Å². The van der Waals surface area contributed by atoms with Gasteiger partial charge in [-0.25, -0.2) is 18.3 Å². The maximum absolute atomic E-state index is 13.6. The van der Waals surface area contributed by atoms with Gasteiger partial charge in [0.05, 0.1) is 12.2 Å². The van der Waals surface area contributed by atoms with Crippen molar-refractivity contribution in [3.63, 3.8) is 0 Å². The van der Waals surface area contributed by atoms with Crippen LogP contribution in [0.5, 0.6) is 0 Å². The Bertz CT molecular complexity index is 680. The Morgan fingerprint density at radius 3 is 2.80 bits per heavy atom. The fraction of sp³-hybridized carbons (Fsp3) is 0.308. The van der Waals surface area contributed by atoms with E-state index < -0.39 is 17.6 Å². The molecular formula is C13H11F2N3O2. The van der Waals surface area contributed by atoms with E-state index in [2.05, 4.69) is 10.3 Å². The van der Waals surface area contributed by atoms with Crippen LogP contribution in [0.4, 0.5) is 8.78 Å². The van der Waals surface area contributed by atoms with Crippen LogP contribution in [0.3, 0.4) is 0 Å². The van der Waals surface area contributed by atoms with Gasteiger partial charge in [0.15, 0.2) is 5.69 Å². The summed E-state index contributed by atoms with van der Waals surface area (Å²) in [7, 11) is 0. The molecule has 1 saturated carbocycles. The molecule has 1 aromatic carbocycles. The van der Waals surface area contributed by atoms with Gasteiger partial charge in [0.2, 0.25) is 0 Å². The molecule has 0 atom stereocenters. The zero-order chi connectivity index (χ0) is 14.3. The third-order valence-electron chi connectivity index (χ3n) is 3.27. The maximum Gasteiger partial charge on any atom is 0.358 e. The van der Waals surface area contributed by atoms with Crippen LogP contribution in [0.15, 0.2) is 18.2 Å². The van der Waals surface area contributed by atoms with Gasteiger partial charge >= 0.3 is 5.97 Å². The zero-order valence-corrected chi connectivity index (χ0v) is 10.4. The number of rotatable bonds is 4. The summed E-state index contributed by atoms with van der Waals surface area (Å²) in [6, 6.07) is 3.15. The topological polar surface area (TPSA) is 68.0 Å². The van der Waals surface area contributed by atoms with Crippen LogP contribution < -0.4 is 0 Å². The summed E-state index contributed by atoms with van der Waals surface area (Å²) in [6.07, 6.45) is 1.72. The Labute approximate surface area is 112 Å². The molecule has 0 amide bonds. The first-order valence-corrected chi connectivity index (χ1v) is 6.17. The summed E-state index contributed by atoms with van der Waals surface area (Å²) in [5.41, 5.74) is 0.499. The van der Waals surface area contributed by atoms with Gasteiger partial charge in [-0.15, -0.1) is 5.10 Å². The van der Waals surface area contributed by atoms with Crippen molar-refractivity contribution in [3.8, 4) is 0 Å². The third kappa shape index (κ3) is 2.26. The molecule has 20 heavy (non-hydrogen) atoms. The SMILES string of the molecule is O=C(O)c1nnn(Cc2cc(F)ccc2F)c1C1CC1. The monoisotopic (exact) mass is 279 g/mol. The van der Waals surface area contributed by atoms with Crippen molar-refractivity contribution in [1.29, 1.82) is 0 Å². The van der Waals surface area contributed by atoms with Crippen LogP contribution in [0.2, 0.25) is 0 Å². The molecule has 3 rings (SSSR count). The van der Waals surface area contributed by atoms with Crippen LogP contribution in [0.25, 0.3) is 0 Å². The predicted molar refractivity (Wildman–Crippen MR) is 64.4 cm³/mol. The normalized spacial score (nSPS) is 14.5. The number of nitrogens with zero attached hydrogens (tertiary/aromatic N) is 3. The van der Waals surface area contributed by atoms with Gasteiger partial charge in [-0.2, -0.15) is 0 Å². The quantitative estimate of drug-likeness (QED) is 0.931. The van der Waals surface area contributed by atoms with E-state index in [1.807, 2.05) is 0 Å². The molecule has 0 unspecified atom stereocenters. The van der Waals surface area contributed by atoms with Crippen molar-refractivity contribution < 1.29 is 18.7 Å². The number of carboxylic acids is 1. The summed E-state index contributed by atoms with van der Waals surface area (Å²) in [6.45, 7) is -0.0320. The first-order valence-electron chi connectivity index (χ1n) is 6.17. The molecule has 0 bridgehead atoms. The lowest BCUT2D eigenvalue weighted by Crippen LogP contribution is -2.09. The second-order valence-electron chi connectivity index (χ2n) is 4.80. The number of hydrogen-bond donors (Lipinski definition) is 1. The first-order chi connectivity index (χ1) is 9.56. The van der Waals surface area contributed by atoms with Crippen molar-refractivity contribution in [2.24, 2.45) is 0 Å². The minimum absolute atomic E-state index is 0.0320. The summed E-state index contributed by atoms with van der Waals surface area (Å²) in [5.74, 6) is -2.17. The molecule has 5 nitrogen and oxygen atoms in total. The van der Waals surface area contributed by atoms with E-state index in [9.17, 15) is 13.6 Å². The molecule has 1 heterocycles. The average Bonchev–Trinajstić information content (AvgIpc) is 3.15. The number of aromatic carboxylic acids is 1. The number of halogens is 2. The smallest absolute Gasteiger partial charge is 0.358 e. The molecule has 2 aromatic rings. The van der Waals surface area contributed by atoms with Crippen LogP contribution in [-0.2, 0) is 6.54 Å². The van der Waals surface area contributed by atoms with Crippen molar-refractivity contribution >= 4 is 5.97 Å². The predicted octanol–water partition coefficient (Wildman–Crippen LogP) is 2.18. The summed E-state index contributed by atoms with van der Waals surface area (Å²) in [4.78, 5) is 11.1. The van der Waals surface area contributed by atoms with Gasteiger partial charge in [0, 0.05) is 11.5 Å². The lowest BCUT2D eigenvalue weighted by atomic mass is 10.2. The van der Waals surface area contributed by atoms with Crippen LogP contribution >= 0.6 is 0 Å². The highest BCUT2D eigenvalue weighted by Crippen LogP contribution is 2.41. The van der Waals surface area contributed by atoms with E-state index in [1.165, 1.54) is 4.68 Å². The second kappa shape index (κ2) is 4.66. The number of carboxylic acid groups (broad SMARTS) is 1. The molecule has 1 fully saturated rings. The molecule has 1 N–H and O–H groups in total. The highest BCUT2D eigenvalue weighted by atomic mass is 19.1. The van der Waals surface area contributed by atoms with Gasteiger partial charge in [-0.1, -0.05) is 5.21 Å². The Hall–Kier alpha value is -2.31. The third-order valence-corrected chi connectivity index (χ3v) is 3.27. The number of benzene rings is 1. The minimum Gasteiger partial charge on any atom is -0.476 e.